The molecule has 30 heavy (non-hydrogen) atoms. The fourth-order valence-electron chi connectivity index (χ4n) is 2.73. The fraction of sp³-hybridized carbons (Fsp3) is 0.286. The zero-order chi connectivity index (χ0) is 21.5. The van der Waals surface area contributed by atoms with Gasteiger partial charge in [-0.15, -0.1) is 10.2 Å². The maximum atomic E-state index is 12.6. The van der Waals surface area contributed by atoms with E-state index in [9.17, 15) is 4.79 Å². The Labute approximate surface area is 189 Å². The fourth-order valence-corrected chi connectivity index (χ4v) is 4.07. The van der Waals surface area contributed by atoms with Crippen molar-refractivity contribution in [2.24, 2.45) is 0 Å². The molecule has 3 aromatic rings. The molecule has 2 aromatic carbocycles. The van der Waals surface area contributed by atoms with E-state index in [4.69, 9.17) is 27.9 Å². The van der Waals surface area contributed by atoms with Gasteiger partial charge in [-0.1, -0.05) is 54.4 Å². The summed E-state index contributed by atoms with van der Waals surface area (Å²) in [6.45, 7) is 2.35. The first kappa shape index (κ1) is 22.5. The van der Waals surface area contributed by atoms with Gasteiger partial charge in [0, 0.05) is 11.3 Å². The van der Waals surface area contributed by atoms with Crippen molar-refractivity contribution in [3.05, 3.63) is 63.9 Å². The van der Waals surface area contributed by atoms with Crippen molar-refractivity contribution in [1.82, 2.24) is 20.1 Å². The molecule has 0 bridgehead atoms. The second-order valence-corrected chi connectivity index (χ2v) is 8.33. The zero-order valence-corrected chi connectivity index (χ0v) is 19.0. The summed E-state index contributed by atoms with van der Waals surface area (Å²) in [5, 5.41) is 13.2. The number of hydrogen-bond acceptors (Lipinski definition) is 5. The van der Waals surface area contributed by atoms with Crippen LogP contribution in [0.4, 0.5) is 0 Å². The first-order chi connectivity index (χ1) is 14.5. The summed E-state index contributed by atoms with van der Waals surface area (Å²) < 4.78 is 7.08. The first-order valence-electron chi connectivity index (χ1n) is 9.48. The second kappa shape index (κ2) is 10.7. The Bertz CT molecular complexity index is 1030. The van der Waals surface area contributed by atoms with Crippen molar-refractivity contribution in [3.63, 3.8) is 0 Å². The summed E-state index contributed by atoms with van der Waals surface area (Å²) in [5.74, 6) is 1.92. The summed E-state index contributed by atoms with van der Waals surface area (Å²) in [6, 6.07) is 12.3. The van der Waals surface area contributed by atoms with Gasteiger partial charge in [0.2, 0.25) is 0 Å². The summed E-state index contributed by atoms with van der Waals surface area (Å²) in [5.41, 5.74) is 1.30. The number of nitrogens with one attached hydrogen (secondary N) is 1. The van der Waals surface area contributed by atoms with E-state index >= 15 is 0 Å². The van der Waals surface area contributed by atoms with Gasteiger partial charge in [-0.05, 0) is 42.8 Å². The van der Waals surface area contributed by atoms with Gasteiger partial charge in [-0.2, -0.15) is 0 Å². The highest BCUT2D eigenvalue weighted by Gasteiger charge is 2.17. The van der Waals surface area contributed by atoms with Gasteiger partial charge in [0.05, 0.1) is 29.4 Å². The molecule has 1 aromatic heterocycles. The number of rotatable bonds is 9. The second-order valence-electron chi connectivity index (χ2n) is 6.45. The predicted octanol–water partition coefficient (Wildman–Crippen LogP) is 5.40. The number of carbonyl (C=O) groups excluding carboxylic acids is 1. The third-order valence-corrected chi connectivity index (χ3v) is 6.08. The number of hydrogen-bond donors (Lipinski definition) is 1. The molecule has 0 spiro atoms. The number of thioether (sulfide) groups is 1. The van der Waals surface area contributed by atoms with E-state index < -0.39 is 0 Å². The molecule has 0 saturated heterocycles. The van der Waals surface area contributed by atoms with Crippen LogP contribution in [0.15, 0.2) is 47.6 Å². The highest BCUT2D eigenvalue weighted by atomic mass is 35.5. The van der Waals surface area contributed by atoms with Gasteiger partial charge in [0.15, 0.2) is 11.0 Å². The Balaban J connectivity index is 1.84. The quantitative estimate of drug-likeness (QED) is 0.338. The lowest BCUT2D eigenvalue weighted by molar-refractivity contribution is 0.0949. The highest BCUT2D eigenvalue weighted by Crippen LogP contribution is 2.28. The molecule has 0 fully saturated rings. The van der Waals surface area contributed by atoms with Crippen LogP contribution in [-0.4, -0.2) is 33.5 Å². The van der Waals surface area contributed by atoms with Crippen molar-refractivity contribution in [2.45, 2.75) is 31.5 Å². The molecule has 1 N–H and O–H groups in total. The zero-order valence-electron chi connectivity index (χ0n) is 16.7. The molecule has 158 valence electrons. The van der Waals surface area contributed by atoms with Gasteiger partial charge < -0.3 is 10.1 Å². The van der Waals surface area contributed by atoms with Crippen LogP contribution in [0.2, 0.25) is 10.0 Å². The number of aromatic nitrogens is 3. The van der Waals surface area contributed by atoms with E-state index in [0.29, 0.717) is 27.2 Å². The van der Waals surface area contributed by atoms with Crippen LogP contribution in [0.3, 0.4) is 0 Å². The molecule has 0 saturated carbocycles. The number of unbranched alkanes of at least 4 members (excludes halogenated alkanes) is 1. The lowest BCUT2D eigenvalue weighted by atomic mass is 10.2. The largest absolute Gasteiger partial charge is 0.497 e. The van der Waals surface area contributed by atoms with E-state index in [2.05, 4.69) is 22.4 Å². The molecular weight excluding hydrogens is 443 g/mol. The van der Waals surface area contributed by atoms with E-state index in [1.165, 1.54) is 0 Å². The Morgan fingerprint density at radius 2 is 2.00 bits per heavy atom. The van der Waals surface area contributed by atoms with Crippen molar-refractivity contribution in [3.8, 4) is 11.4 Å². The summed E-state index contributed by atoms with van der Waals surface area (Å²) in [6.07, 6.45) is 2.16. The monoisotopic (exact) mass is 464 g/mol. The summed E-state index contributed by atoms with van der Waals surface area (Å²) in [4.78, 5) is 12.6. The molecule has 6 nitrogen and oxygen atoms in total. The minimum Gasteiger partial charge on any atom is -0.497 e. The Morgan fingerprint density at radius 3 is 2.73 bits per heavy atom. The average Bonchev–Trinajstić information content (AvgIpc) is 3.17. The number of ether oxygens (including phenoxy) is 1. The number of nitrogens with zero attached hydrogens (tertiary/aromatic N) is 3. The van der Waals surface area contributed by atoms with E-state index in [0.717, 1.165) is 29.4 Å². The SMILES string of the molecule is CCCCSc1nnc(CNC(=O)c2cccc(OC)c2)n1-c1ccc(Cl)c(Cl)c1. The van der Waals surface area contributed by atoms with Crippen molar-refractivity contribution >= 4 is 40.9 Å². The van der Waals surface area contributed by atoms with Gasteiger partial charge in [0.1, 0.15) is 5.75 Å². The summed E-state index contributed by atoms with van der Waals surface area (Å²) >= 11 is 13.9. The van der Waals surface area contributed by atoms with Crippen LogP contribution < -0.4 is 10.1 Å². The van der Waals surface area contributed by atoms with Crippen molar-refractivity contribution in [1.29, 1.82) is 0 Å². The van der Waals surface area contributed by atoms with E-state index in [1.807, 2.05) is 10.6 Å². The molecule has 0 aliphatic carbocycles. The van der Waals surface area contributed by atoms with Crippen LogP contribution >= 0.6 is 35.0 Å². The van der Waals surface area contributed by atoms with Gasteiger partial charge in [0.25, 0.3) is 5.91 Å². The van der Waals surface area contributed by atoms with Crippen LogP contribution in [-0.2, 0) is 6.54 Å². The third kappa shape index (κ3) is 5.47. The number of methoxy groups -OCH3 is 1. The number of carbonyl (C=O) groups is 1. The van der Waals surface area contributed by atoms with Gasteiger partial charge >= 0.3 is 0 Å². The van der Waals surface area contributed by atoms with Crippen molar-refractivity contribution < 1.29 is 9.53 Å². The highest BCUT2D eigenvalue weighted by molar-refractivity contribution is 7.99. The van der Waals surface area contributed by atoms with E-state index in [1.54, 1.807) is 55.3 Å². The third-order valence-electron chi connectivity index (χ3n) is 4.33. The number of benzene rings is 2. The van der Waals surface area contributed by atoms with Crippen LogP contribution in [0.5, 0.6) is 5.75 Å². The minimum absolute atomic E-state index is 0.206. The molecule has 9 heteroatoms. The lowest BCUT2D eigenvalue weighted by Gasteiger charge is -2.12. The lowest BCUT2D eigenvalue weighted by Crippen LogP contribution is -2.24. The average molecular weight is 465 g/mol. The normalized spacial score (nSPS) is 10.8. The molecular formula is C21H22Cl2N4O2S. The molecule has 0 unspecified atom stereocenters. The number of halogens is 2. The van der Waals surface area contributed by atoms with Gasteiger partial charge in [-0.25, -0.2) is 0 Å². The molecule has 0 aliphatic heterocycles. The summed E-state index contributed by atoms with van der Waals surface area (Å²) in [7, 11) is 1.56. The smallest absolute Gasteiger partial charge is 0.251 e. The predicted molar refractivity (Wildman–Crippen MR) is 121 cm³/mol. The number of amides is 1. The molecule has 3 rings (SSSR count). The van der Waals surface area contributed by atoms with Crippen LogP contribution in [0.1, 0.15) is 35.9 Å². The van der Waals surface area contributed by atoms with Gasteiger partial charge in [-0.3, -0.25) is 9.36 Å². The standard InChI is InChI=1S/C21H22Cl2N4O2S/c1-3-4-10-30-21-26-25-19(27(21)15-8-9-17(22)18(23)12-15)13-24-20(28)14-6-5-7-16(11-14)29-2/h5-9,11-12H,3-4,10,13H2,1-2H3,(H,24,28). The molecule has 1 amide bonds. The molecule has 0 aliphatic rings. The Hall–Kier alpha value is -2.22. The maximum Gasteiger partial charge on any atom is 0.251 e. The Morgan fingerprint density at radius 1 is 1.17 bits per heavy atom. The molecule has 0 atom stereocenters. The van der Waals surface area contributed by atoms with Crippen molar-refractivity contribution in [2.75, 3.05) is 12.9 Å². The van der Waals surface area contributed by atoms with Crippen LogP contribution in [0.25, 0.3) is 5.69 Å². The topological polar surface area (TPSA) is 69.0 Å². The van der Waals surface area contributed by atoms with E-state index in [-0.39, 0.29) is 12.5 Å². The Kier molecular flexibility index (Phi) is 8.01. The molecule has 1 heterocycles. The molecule has 0 radical (unpaired) electrons. The first-order valence-corrected chi connectivity index (χ1v) is 11.2. The maximum absolute atomic E-state index is 12.6. The minimum atomic E-state index is -0.224. The van der Waals surface area contributed by atoms with Crippen LogP contribution in [0, 0.1) is 0 Å².